The monoisotopic (exact) mass is 260 g/mol. The molecule has 1 unspecified atom stereocenters. The van der Waals surface area contributed by atoms with Gasteiger partial charge in [0.25, 0.3) is 0 Å². The van der Waals surface area contributed by atoms with E-state index in [2.05, 4.69) is 15.9 Å². The van der Waals surface area contributed by atoms with Crippen molar-refractivity contribution in [2.24, 2.45) is 0 Å². The van der Waals surface area contributed by atoms with Gasteiger partial charge in [-0.05, 0) is 59.5 Å². The summed E-state index contributed by atoms with van der Waals surface area (Å²) in [6.45, 7) is 5.47. The first-order valence-electron chi connectivity index (χ1n) is 4.55. The molecule has 0 aliphatic carbocycles. The molecule has 1 rings (SSSR count). The SMILES string of the molecule is Cc1cc(Br)c(F)c(CC(C)O)c1C. The summed E-state index contributed by atoms with van der Waals surface area (Å²) in [4.78, 5) is 0. The Morgan fingerprint density at radius 1 is 1.50 bits per heavy atom. The minimum atomic E-state index is -0.517. The first kappa shape index (κ1) is 11.7. The summed E-state index contributed by atoms with van der Waals surface area (Å²) in [6.07, 6.45) is -0.158. The summed E-state index contributed by atoms with van der Waals surface area (Å²) >= 11 is 3.16. The van der Waals surface area contributed by atoms with Crippen molar-refractivity contribution in [3.63, 3.8) is 0 Å². The summed E-state index contributed by atoms with van der Waals surface area (Å²) in [5, 5.41) is 9.25. The first-order chi connectivity index (χ1) is 6.43. The molecular weight excluding hydrogens is 247 g/mol. The van der Waals surface area contributed by atoms with Crippen LogP contribution in [-0.2, 0) is 6.42 Å². The molecule has 1 nitrogen and oxygen atoms in total. The third kappa shape index (κ3) is 2.34. The molecule has 1 aromatic rings. The van der Waals surface area contributed by atoms with E-state index in [1.54, 1.807) is 13.0 Å². The summed E-state index contributed by atoms with van der Waals surface area (Å²) < 4.78 is 14.1. The average Bonchev–Trinajstić information content (AvgIpc) is 2.09. The van der Waals surface area contributed by atoms with Crippen LogP contribution < -0.4 is 0 Å². The van der Waals surface area contributed by atoms with E-state index in [-0.39, 0.29) is 5.82 Å². The first-order valence-corrected chi connectivity index (χ1v) is 5.35. The van der Waals surface area contributed by atoms with Gasteiger partial charge in [-0.1, -0.05) is 0 Å². The summed E-state index contributed by atoms with van der Waals surface area (Å²) in [5.41, 5.74) is 2.56. The lowest BCUT2D eigenvalue weighted by Gasteiger charge is -2.13. The van der Waals surface area contributed by atoms with Crippen LogP contribution in [0.4, 0.5) is 4.39 Å². The predicted octanol–water partition coefficient (Wildman–Crippen LogP) is 3.13. The molecule has 1 N–H and O–H groups in total. The number of aliphatic hydroxyl groups excluding tert-OH is 1. The maximum Gasteiger partial charge on any atom is 0.140 e. The fourth-order valence-electron chi connectivity index (χ4n) is 1.45. The van der Waals surface area contributed by atoms with Crippen molar-refractivity contribution in [3.8, 4) is 0 Å². The van der Waals surface area contributed by atoms with Crippen molar-refractivity contribution in [2.75, 3.05) is 0 Å². The molecule has 3 heteroatoms. The van der Waals surface area contributed by atoms with E-state index in [4.69, 9.17) is 0 Å². The number of halogens is 2. The Bertz CT molecular complexity index is 321. The largest absolute Gasteiger partial charge is 0.393 e. The molecule has 0 spiro atoms. The molecule has 0 aromatic heterocycles. The van der Waals surface area contributed by atoms with Gasteiger partial charge in [-0.2, -0.15) is 0 Å². The highest BCUT2D eigenvalue weighted by Crippen LogP contribution is 2.26. The summed E-state index contributed by atoms with van der Waals surface area (Å²) in [7, 11) is 0. The van der Waals surface area contributed by atoms with Gasteiger partial charge in [0, 0.05) is 6.42 Å². The molecule has 14 heavy (non-hydrogen) atoms. The van der Waals surface area contributed by atoms with Crippen molar-refractivity contribution in [2.45, 2.75) is 33.3 Å². The Morgan fingerprint density at radius 3 is 2.57 bits per heavy atom. The van der Waals surface area contributed by atoms with Gasteiger partial charge in [-0.25, -0.2) is 4.39 Å². The molecule has 1 aromatic carbocycles. The van der Waals surface area contributed by atoms with Crippen LogP contribution >= 0.6 is 15.9 Å². The Labute approximate surface area is 92.1 Å². The van der Waals surface area contributed by atoms with Gasteiger partial charge in [0.05, 0.1) is 10.6 Å². The van der Waals surface area contributed by atoms with Gasteiger partial charge >= 0.3 is 0 Å². The predicted molar refractivity (Wildman–Crippen MR) is 59.0 cm³/mol. The number of hydrogen-bond acceptors (Lipinski definition) is 1. The molecule has 0 radical (unpaired) electrons. The maximum absolute atomic E-state index is 13.6. The van der Waals surface area contributed by atoms with Crippen LogP contribution in [0.15, 0.2) is 10.5 Å². The molecule has 0 bridgehead atoms. The van der Waals surface area contributed by atoms with Crippen LogP contribution in [0.5, 0.6) is 0 Å². The number of rotatable bonds is 2. The van der Waals surface area contributed by atoms with Crippen molar-refractivity contribution < 1.29 is 9.50 Å². The fraction of sp³-hybridized carbons (Fsp3) is 0.455. The summed E-state index contributed by atoms with van der Waals surface area (Å²) in [6, 6.07) is 1.76. The van der Waals surface area contributed by atoms with E-state index >= 15 is 0 Å². The third-order valence-electron chi connectivity index (χ3n) is 2.36. The molecule has 0 fully saturated rings. The van der Waals surface area contributed by atoms with Crippen LogP contribution in [0.25, 0.3) is 0 Å². The van der Waals surface area contributed by atoms with Gasteiger partial charge in [-0.3, -0.25) is 0 Å². The fourth-order valence-corrected chi connectivity index (χ4v) is 2.03. The second-order valence-electron chi connectivity index (χ2n) is 3.65. The molecular formula is C11H14BrFO. The zero-order valence-corrected chi connectivity index (χ0v) is 10.2. The minimum absolute atomic E-state index is 0.256. The molecule has 0 aliphatic rings. The van der Waals surface area contributed by atoms with Crippen LogP contribution in [-0.4, -0.2) is 11.2 Å². The van der Waals surface area contributed by atoms with Crippen LogP contribution in [0.2, 0.25) is 0 Å². The van der Waals surface area contributed by atoms with E-state index in [1.165, 1.54) is 0 Å². The molecule has 0 aliphatic heterocycles. The molecule has 0 saturated heterocycles. The Balaban J connectivity index is 3.25. The smallest absolute Gasteiger partial charge is 0.140 e. The molecule has 0 amide bonds. The normalized spacial score (nSPS) is 13.0. The van der Waals surface area contributed by atoms with Crippen molar-refractivity contribution in [1.29, 1.82) is 0 Å². The average molecular weight is 261 g/mol. The number of hydrogen-bond donors (Lipinski definition) is 1. The Kier molecular flexibility index (Phi) is 3.67. The van der Waals surface area contributed by atoms with Gasteiger partial charge < -0.3 is 5.11 Å². The van der Waals surface area contributed by atoms with Gasteiger partial charge in [-0.15, -0.1) is 0 Å². The van der Waals surface area contributed by atoms with Crippen LogP contribution in [0, 0.1) is 19.7 Å². The van der Waals surface area contributed by atoms with E-state index in [0.29, 0.717) is 16.5 Å². The van der Waals surface area contributed by atoms with E-state index in [0.717, 1.165) is 11.1 Å². The second kappa shape index (κ2) is 4.41. The van der Waals surface area contributed by atoms with Crippen molar-refractivity contribution >= 4 is 15.9 Å². The zero-order chi connectivity index (χ0) is 10.9. The molecule has 0 saturated carbocycles. The zero-order valence-electron chi connectivity index (χ0n) is 8.56. The number of aliphatic hydroxyl groups is 1. The minimum Gasteiger partial charge on any atom is -0.393 e. The lowest BCUT2D eigenvalue weighted by Crippen LogP contribution is -2.09. The second-order valence-corrected chi connectivity index (χ2v) is 4.50. The third-order valence-corrected chi connectivity index (χ3v) is 2.94. The quantitative estimate of drug-likeness (QED) is 0.867. The molecule has 78 valence electrons. The summed E-state index contributed by atoms with van der Waals surface area (Å²) in [5.74, 6) is -0.256. The lowest BCUT2D eigenvalue weighted by molar-refractivity contribution is 0.194. The van der Waals surface area contributed by atoms with E-state index in [1.807, 2.05) is 13.8 Å². The topological polar surface area (TPSA) is 20.2 Å². The lowest BCUT2D eigenvalue weighted by atomic mass is 9.98. The van der Waals surface area contributed by atoms with Crippen molar-refractivity contribution in [1.82, 2.24) is 0 Å². The molecule has 1 atom stereocenters. The number of benzene rings is 1. The van der Waals surface area contributed by atoms with Gasteiger partial charge in [0.1, 0.15) is 5.82 Å². The Hall–Kier alpha value is -0.410. The van der Waals surface area contributed by atoms with Gasteiger partial charge in [0.2, 0.25) is 0 Å². The number of aryl methyl sites for hydroxylation is 1. The Morgan fingerprint density at radius 2 is 2.07 bits per heavy atom. The van der Waals surface area contributed by atoms with Crippen LogP contribution in [0.1, 0.15) is 23.6 Å². The highest BCUT2D eigenvalue weighted by molar-refractivity contribution is 9.10. The molecule has 0 heterocycles. The standard InChI is InChI=1S/C11H14BrFO/c1-6-4-10(12)11(13)9(8(6)3)5-7(2)14/h4,7,14H,5H2,1-3H3. The van der Waals surface area contributed by atoms with Gasteiger partial charge in [0.15, 0.2) is 0 Å². The van der Waals surface area contributed by atoms with E-state index < -0.39 is 6.10 Å². The highest BCUT2D eigenvalue weighted by atomic mass is 79.9. The van der Waals surface area contributed by atoms with Crippen LogP contribution in [0.3, 0.4) is 0 Å². The maximum atomic E-state index is 13.6. The highest BCUT2D eigenvalue weighted by Gasteiger charge is 2.13. The van der Waals surface area contributed by atoms with E-state index in [9.17, 15) is 9.50 Å². The van der Waals surface area contributed by atoms with Crippen molar-refractivity contribution in [3.05, 3.63) is 33.0 Å².